The topological polar surface area (TPSA) is 30.0 Å². The number of ketones is 1. The van der Waals surface area contributed by atoms with Crippen molar-refractivity contribution in [3.63, 3.8) is 0 Å². The third-order valence-corrected chi connectivity index (χ3v) is 2.82. The standard InChI is InChI=1S/C13H8BrF2NO/c14-10-3-9(6-17-7-10)13(18)5-8-4-11(15)1-2-12(8)16/h1-4,6-7H,5H2. The Morgan fingerprint density at radius 3 is 2.72 bits per heavy atom. The summed E-state index contributed by atoms with van der Waals surface area (Å²) in [5.74, 6) is -1.47. The van der Waals surface area contributed by atoms with Crippen molar-refractivity contribution < 1.29 is 13.6 Å². The van der Waals surface area contributed by atoms with Gasteiger partial charge in [0.25, 0.3) is 0 Å². The van der Waals surface area contributed by atoms with Gasteiger partial charge in [0.1, 0.15) is 11.6 Å². The number of pyridine rings is 1. The van der Waals surface area contributed by atoms with Crippen LogP contribution in [-0.2, 0) is 6.42 Å². The molecule has 0 bridgehead atoms. The summed E-state index contributed by atoms with van der Waals surface area (Å²) >= 11 is 3.19. The Labute approximate surface area is 111 Å². The molecule has 18 heavy (non-hydrogen) atoms. The molecule has 2 nitrogen and oxygen atoms in total. The van der Waals surface area contributed by atoms with E-state index in [1.165, 1.54) is 6.20 Å². The monoisotopic (exact) mass is 311 g/mol. The number of aromatic nitrogens is 1. The molecule has 1 heterocycles. The molecule has 0 spiro atoms. The van der Waals surface area contributed by atoms with E-state index in [4.69, 9.17) is 0 Å². The van der Waals surface area contributed by atoms with E-state index in [1.807, 2.05) is 0 Å². The van der Waals surface area contributed by atoms with Gasteiger partial charge in [0.2, 0.25) is 0 Å². The summed E-state index contributed by atoms with van der Waals surface area (Å²) in [6, 6.07) is 4.65. The number of Topliss-reactive ketones (excluding diaryl/α,β-unsaturated/α-hetero) is 1. The van der Waals surface area contributed by atoms with Crippen LogP contribution in [0.4, 0.5) is 8.78 Å². The van der Waals surface area contributed by atoms with Crippen molar-refractivity contribution >= 4 is 21.7 Å². The Kier molecular flexibility index (Phi) is 3.81. The van der Waals surface area contributed by atoms with Crippen LogP contribution in [0.3, 0.4) is 0 Å². The van der Waals surface area contributed by atoms with Crippen LogP contribution in [0.1, 0.15) is 15.9 Å². The second-order valence-electron chi connectivity index (χ2n) is 3.73. The summed E-state index contributed by atoms with van der Waals surface area (Å²) in [4.78, 5) is 15.7. The lowest BCUT2D eigenvalue weighted by Gasteiger charge is -2.03. The van der Waals surface area contributed by atoms with Crippen molar-refractivity contribution in [1.82, 2.24) is 4.98 Å². The maximum Gasteiger partial charge on any atom is 0.168 e. The van der Waals surface area contributed by atoms with Crippen LogP contribution >= 0.6 is 15.9 Å². The minimum Gasteiger partial charge on any atom is -0.294 e. The van der Waals surface area contributed by atoms with Gasteiger partial charge in [-0.3, -0.25) is 9.78 Å². The molecule has 0 N–H and O–H groups in total. The lowest BCUT2D eigenvalue weighted by atomic mass is 10.0. The molecule has 0 radical (unpaired) electrons. The van der Waals surface area contributed by atoms with E-state index in [2.05, 4.69) is 20.9 Å². The Morgan fingerprint density at radius 2 is 2.00 bits per heavy atom. The summed E-state index contributed by atoms with van der Waals surface area (Å²) in [5, 5.41) is 0. The van der Waals surface area contributed by atoms with Crippen LogP contribution in [0.2, 0.25) is 0 Å². The first-order chi connectivity index (χ1) is 8.56. The van der Waals surface area contributed by atoms with Crippen molar-refractivity contribution in [2.45, 2.75) is 6.42 Å². The largest absolute Gasteiger partial charge is 0.294 e. The minimum atomic E-state index is -0.590. The molecule has 1 aromatic heterocycles. The second-order valence-corrected chi connectivity index (χ2v) is 4.64. The normalized spacial score (nSPS) is 10.4. The van der Waals surface area contributed by atoms with E-state index in [0.717, 1.165) is 18.2 Å². The molecule has 0 aliphatic heterocycles. The zero-order valence-corrected chi connectivity index (χ0v) is 10.7. The highest BCUT2D eigenvalue weighted by Gasteiger charge is 2.12. The van der Waals surface area contributed by atoms with Gasteiger partial charge in [-0.05, 0) is 45.8 Å². The molecular weight excluding hydrogens is 304 g/mol. The fraction of sp³-hybridized carbons (Fsp3) is 0.0769. The van der Waals surface area contributed by atoms with E-state index in [0.29, 0.717) is 10.0 Å². The van der Waals surface area contributed by atoms with Gasteiger partial charge < -0.3 is 0 Å². The third kappa shape index (κ3) is 2.98. The highest BCUT2D eigenvalue weighted by atomic mass is 79.9. The number of carbonyl (C=O) groups is 1. The lowest BCUT2D eigenvalue weighted by Crippen LogP contribution is -2.06. The first-order valence-electron chi connectivity index (χ1n) is 5.14. The maximum atomic E-state index is 13.4. The third-order valence-electron chi connectivity index (χ3n) is 2.39. The van der Waals surface area contributed by atoms with Gasteiger partial charge >= 0.3 is 0 Å². The first-order valence-corrected chi connectivity index (χ1v) is 5.93. The zero-order valence-electron chi connectivity index (χ0n) is 9.16. The van der Waals surface area contributed by atoms with Crippen molar-refractivity contribution in [3.8, 4) is 0 Å². The summed E-state index contributed by atoms with van der Waals surface area (Å²) in [5.41, 5.74) is 0.396. The van der Waals surface area contributed by atoms with Crippen LogP contribution in [0, 0.1) is 11.6 Å². The van der Waals surface area contributed by atoms with Crippen LogP contribution < -0.4 is 0 Å². The minimum absolute atomic E-state index is 0.0416. The summed E-state index contributed by atoms with van der Waals surface area (Å²) in [7, 11) is 0. The van der Waals surface area contributed by atoms with E-state index in [1.54, 1.807) is 12.3 Å². The fourth-order valence-electron chi connectivity index (χ4n) is 1.52. The molecule has 0 amide bonds. The average Bonchev–Trinajstić information content (AvgIpc) is 2.34. The molecule has 92 valence electrons. The van der Waals surface area contributed by atoms with Gasteiger partial charge in [-0.15, -0.1) is 0 Å². The van der Waals surface area contributed by atoms with E-state index in [-0.39, 0.29) is 17.8 Å². The number of nitrogens with zero attached hydrogens (tertiary/aromatic N) is 1. The molecule has 5 heteroatoms. The molecule has 0 aliphatic rings. The predicted octanol–water partition coefficient (Wildman–Crippen LogP) is 3.55. The highest BCUT2D eigenvalue weighted by Crippen LogP contribution is 2.15. The summed E-state index contributed by atoms with van der Waals surface area (Å²) < 4.78 is 27.0. The molecule has 0 aliphatic carbocycles. The van der Waals surface area contributed by atoms with Crippen LogP contribution in [-0.4, -0.2) is 10.8 Å². The molecular formula is C13H8BrF2NO. The smallest absolute Gasteiger partial charge is 0.168 e. The lowest BCUT2D eigenvalue weighted by molar-refractivity contribution is 0.0991. The number of benzene rings is 1. The average molecular weight is 312 g/mol. The number of rotatable bonds is 3. The van der Waals surface area contributed by atoms with Gasteiger partial charge in [0.05, 0.1) is 0 Å². The molecule has 0 fully saturated rings. The molecule has 2 rings (SSSR count). The van der Waals surface area contributed by atoms with Gasteiger partial charge in [-0.2, -0.15) is 0 Å². The van der Waals surface area contributed by atoms with Gasteiger partial charge in [-0.1, -0.05) is 0 Å². The summed E-state index contributed by atoms with van der Waals surface area (Å²) in [6.07, 6.45) is 2.74. The highest BCUT2D eigenvalue weighted by molar-refractivity contribution is 9.10. The first kappa shape index (κ1) is 12.8. The van der Waals surface area contributed by atoms with Crippen molar-refractivity contribution in [3.05, 3.63) is 63.9 Å². The molecule has 1 aromatic carbocycles. The Morgan fingerprint density at radius 1 is 1.22 bits per heavy atom. The Balaban J connectivity index is 2.24. The van der Waals surface area contributed by atoms with Crippen LogP contribution in [0.25, 0.3) is 0 Å². The molecule has 0 saturated carbocycles. The van der Waals surface area contributed by atoms with Crippen LogP contribution in [0.15, 0.2) is 41.1 Å². The molecule has 0 unspecified atom stereocenters. The van der Waals surface area contributed by atoms with Gasteiger partial charge in [0, 0.05) is 28.9 Å². The summed E-state index contributed by atoms with van der Waals surface area (Å²) in [6.45, 7) is 0. The van der Waals surface area contributed by atoms with E-state index in [9.17, 15) is 13.6 Å². The number of carbonyl (C=O) groups excluding carboxylic acids is 1. The molecule has 0 saturated heterocycles. The van der Waals surface area contributed by atoms with E-state index < -0.39 is 11.6 Å². The SMILES string of the molecule is O=C(Cc1cc(F)ccc1F)c1cncc(Br)c1. The van der Waals surface area contributed by atoms with Crippen LogP contribution in [0.5, 0.6) is 0 Å². The zero-order chi connectivity index (χ0) is 13.1. The quantitative estimate of drug-likeness (QED) is 0.811. The molecule has 0 atom stereocenters. The van der Waals surface area contributed by atoms with Gasteiger partial charge in [0.15, 0.2) is 5.78 Å². The Hall–Kier alpha value is -1.62. The van der Waals surface area contributed by atoms with E-state index >= 15 is 0 Å². The second kappa shape index (κ2) is 5.35. The Bertz CT molecular complexity index is 601. The fourth-order valence-corrected chi connectivity index (χ4v) is 1.88. The number of hydrogen-bond acceptors (Lipinski definition) is 2. The van der Waals surface area contributed by atoms with Gasteiger partial charge in [-0.25, -0.2) is 8.78 Å². The van der Waals surface area contributed by atoms with Crippen molar-refractivity contribution in [2.75, 3.05) is 0 Å². The maximum absolute atomic E-state index is 13.4. The predicted molar refractivity (Wildman–Crippen MR) is 66.3 cm³/mol. The van der Waals surface area contributed by atoms with Crippen molar-refractivity contribution in [1.29, 1.82) is 0 Å². The number of halogens is 3. The van der Waals surface area contributed by atoms with Crippen molar-refractivity contribution in [2.24, 2.45) is 0 Å². The molecule has 2 aromatic rings. The number of hydrogen-bond donors (Lipinski definition) is 0.